The maximum atomic E-state index is 12.4. The fourth-order valence-corrected chi connectivity index (χ4v) is 2.54. The Morgan fingerprint density at radius 3 is 2.67 bits per heavy atom. The summed E-state index contributed by atoms with van der Waals surface area (Å²) < 4.78 is 10.7. The molecule has 1 atom stereocenters. The molecule has 110 valence electrons. The summed E-state index contributed by atoms with van der Waals surface area (Å²) in [6.07, 6.45) is 1.74. The van der Waals surface area contributed by atoms with Gasteiger partial charge in [0.05, 0.1) is 6.61 Å². The molecule has 1 fully saturated rings. The van der Waals surface area contributed by atoms with E-state index in [0.717, 1.165) is 5.52 Å². The lowest BCUT2D eigenvalue weighted by Crippen LogP contribution is -2.34. The van der Waals surface area contributed by atoms with Crippen LogP contribution in [0.25, 0.3) is 10.9 Å². The first-order valence-corrected chi connectivity index (χ1v) is 6.60. The first-order valence-electron chi connectivity index (χ1n) is 6.60. The molecule has 2 heterocycles. The van der Waals surface area contributed by atoms with Crippen LogP contribution in [0.15, 0.2) is 24.4 Å². The number of carbonyl (C=O) groups excluding carboxylic acids is 2. The SMILES string of the molecule is CC(=O)Oc1cccc2[nH]cc(C3(C(=O)N(C)C)CO3)c12. The fourth-order valence-electron chi connectivity index (χ4n) is 2.54. The molecule has 1 unspecified atom stereocenters. The number of aromatic amines is 1. The molecule has 1 aromatic heterocycles. The number of benzene rings is 1. The topological polar surface area (TPSA) is 74.9 Å². The number of carbonyl (C=O) groups is 2. The van der Waals surface area contributed by atoms with E-state index >= 15 is 0 Å². The molecule has 1 aliphatic rings. The van der Waals surface area contributed by atoms with Crippen LogP contribution >= 0.6 is 0 Å². The smallest absolute Gasteiger partial charge is 0.308 e. The Morgan fingerprint density at radius 2 is 2.10 bits per heavy atom. The zero-order chi connectivity index (χ0) is 15.2. The lowest BCUT2D eigenvalue weighted by atomic mass is 9.97. The van der Waals surface area contributed by atoms with Crippen LogP contribution < -0.4 is 4.74 Å². The second-order valence-corrected chi connectivity index (χ2v) is 5.29. The third-order valence-corrected chi connectivity index (χ3v) is 3.54. The molecule has 1 aliphatic heterocycles. The number of aromatic nitrogens is 1. The third kappa shape index (κ3) is 2.08. The van der Waals surface area contributed by atoms with Crippen molar-refractivity contribution >= 4 is 22.8 Å². The molecule has 3 rings (SSSR count). The minimum absolute atomic E-state index is 0.124. The Morgan fingerprint density at radius 1 is 1.38 bits per heavy atom. The van der Waals surface area contributed by atoms with Crippen molar-refractivity contribution in [1.82, 2.24) is 9.88 Å². The van der Waals surface area contributed by atoms with E-state index in [9.17, 15) is 9.59 Å². The van der Waals surface area contributed by atoms with Gasteiger partial charge >= 0.3 is 5.97 Å². The van der Waals surface area contributed by atoms with Gasteiger partial charge in [-0.15, -0.1) is 0 Å². The van der Waals surface area contributed by atoms with Gasteiger partial charge < -0.3 is 19.4 Å². The van der Waals surface area contributed by atoms with Crippen molar-refractivity contribution in [3.63, 3.8) is 0 Å². The normalized spacial score (nSPS) is 20.3. The summed E-state index contributed by atoms with van der Waals surface area (Å²) in [6.45, 7) is 1.67. The van der Waals surface area contributed by atoms with Gasteiger partial charge in [-0.05, 0) is 12.1 Å². The van der Waals surface area contributed by atoms with Gasteiger partial charge in [-0.1, -0.05) is 6.07 Å². The van der Waals surface area contributed by atoms with Crippen LogP contribution in [0, 0.1) is 0 Å². The van der Waals surface area contributed by atoms with Crippen molar-refractivity contribution in [3.05, 3.63) is 30.0 Å². The summed E-state index contributed by atoms with van der Waals surface area (Å²) in [6, 6.07) is 5.36. The molecule has 21 heavy (non-hydrogen) atoms. The highest BCUT2D eigenvalue weighted by molar-refractivity contribution is 5.99. The predicted octanol–water partition coefficient (Wildman–Crippen LogP) is 1.41. The molecule has 0 radical (unpaired) electrons. The van der Waals surface area contributed by atoms with Gasteiger partial charge in [-0.2, -0.15) is 0 Å². The molecular weight excluding hydrogens is 272 g/mol. The van der Waals surface area contributed by atoms with Crippen molar-refractivity contribution in [3.8, 4) is 5.75 Å². The van der Waals surface area contributed by atoms with Gasteiger partial charge in [0.2, 0.25) is 0 Å². The summed E-state index contributed by atoms with van der Waals surface area (Å²) >= 11 is 0. The van der Waals surface area contributed by atoms with Gasteiger partial charge in [0.25, 0.3) is 5.91 Å². The molecule has 0 spiro atoms. The molecule has 0 aliphatic carbocycles. The molecule has 2 aromatic rings. The highest BCUT2D eigenvalue weighted by Gasteiger charge is 2.56. The van der Waals surface area contributed by atoms with Crippen molar-refractivity contribution < 1.29 is 19.1 Å². The van der Waals surface area contributed by atoms with Crippen molar-refractivity contribution in [2.45, 2.75) is 12.5 Å². The summed E-state index contributed by atoms with van der Waals surface area (Å²) in [5, 5.41) is 0.709. The van der Waals surface area contributed by atoms with Crippen LogP contribution in [-0.2, 0) is 19.9 Å². The van der Waals surface area contributed by atoms with Gasteiger partial charge in [-0.25, -0.2) is 0 Å². The monoisotopic (exact) mass is 288 g/mol. The quantitative estimate of drug-likeness (QED) is 0.526. The van der Waals surface area contributed by atoms with E-state index in [1.54, 1.807) is 32.4 Å². The van der Waals surface area contributed by atoms with E-state index in [1.165, 1.54) is 11.8 Å². The van der Waals surface area contributed by atoms with Crippen LogP contribution in [-0.4, -0.2) is 42.5 Å². The predicted molar refractivity (Wildman–Crippen MR) is 75.9 cm³/mol. The number of likely N-dealkylation sites (N-methyl/N-ethyl adjacent to an activating group) is 1. The van der Waals surface area contributed by atoms with Gasteiger partial charge in [0, 0.05) is 43.7 Å². The Labute approximate surface area is 121 Å². The molecule has 1 N–H and O–H groups in total. The summed E-state index contributed by atoms with van der Waals surface area (Å²) in [7, 11) is 3.38. The van der Waals surface area contributed by atoms with Gasteiger partial charge in [-0.3, -0.25) is 9.59 Å². The fraction of sp³-hybridized carbons (Fsp3) is 0.333. The van der Waals surface area contributed by atoms with Gasteiger partial charge in [0.1, 0.15) is 5.75 Å². The summed E-state index contributed by atoms with van der Waals surface area (Å²) in [5.41, 5.74) is 0.524. The first-order chi connectivity index (χ1) is 9.95. The zero-order valence-electron chi connectivity index (χ0n) is 12.1. The maximum Gasteiger partial charge on any atom is 0.308 e. The molecule has 1 saturated heterocycles. The number of ether oxygens (including phenoxy) is 2. The lowest BCUT2D eigenvalue weighted by molar-refractivity contribution is -0.134. The van der Waals surface area contributed by atoms with E-state index in [0.29, 0.717) is 23.3 Å². The number of hydrogen-bond acceptors (Lipinski definition) is 4. The standard InChI is InChI=1S/C15H16N2O4/c1-9(18)21-12-6-4-5-11-13(12)10(7-16-11)15(8-20-15)14(19)17(2)3/h4-7,16H,8H2,1-3H3. The Hall–Kier alpha value is -2.34. The third-order valence-electron chi connectivity index (χ3n) is 3.54. The number of H-pyrrole nitrogens is 1. The number of esters is 1. The van der Waals surface area contributed by atoms with E-state index < -0.39 is 11.6 Å². The number of fused-ring (bicyclic) bond motifs is 1. The average molecular weight is 288 g/mol. The first kappa shape index (κ1) is 13.6. The van der Waals surface area contributed by atoms with Crippen LogP contribution in [0.4, 0.5) is 0 Å². The number of hydrogen-bond donors (Lipinski definition) is 1. The van der Waals surface area contributed by atoms with E-state index in [2.05, 4.69) is 4.98 Å². The number of amides is 1. The molecule has 0 saturated carbocycles. The number of epoxide rings is 1. The summed E-state index contributed by atoms with van der Waals surface area (Å²) in [5.74, 6) is -0.0990. The molecule has 6 heteroatoms. The molecule has 1 aromatic carbocycles. The Bertz CT molecular complexity index is 728. The van der Waals surface area contributed by atoms with Crippen molar-refractivity contribution in [2.24, 2.45) is 0 Å². The minimum atomic E-state index is -0.974. The second-order valence-electron chi connectivity index (χ2n) is 5.29. The van der Waals surface area contributed by atoms with Crippen LogP contribution in [0.3, 0.4) is 0 Å². The number of nitrogens with one attached hydrogen (secondary N) is 1. The maximum absolute atomic E-state index is 12.4. The lowest BCUT2D eigenvalue weighted by Gasteiger charge is -2.17. The zero-order valence-corrected chi connectivity index (χ0v) is 12.1. The molecule has 0 bridgehead atoms. The highest BCUT2D eigenvalue weighted by atomic mass is 16.6. The van der Waals surface area contributed by atoms with E-state index in [4.69, 9.17) is 9.47 Å². The molecular formula is C15H16N2O4. The van der Waals surface area contributed by atoms with Crippen molar-refractivity contribution in [1.29, 1.82) is 0 Å². The van der Waals surface area contributed by atoms with Crippen molar-refractivity contribution in [2.75, 3.05) is 20.7 Å². The van der Waals surface area contributed by atoms with E-state index in [-0.39, 0.29) is 5.91 Å². The number of nitrogens with zero attached hydrogens (tertiary/aromatic N) is 1. The number of rotatable bonds is 3. The van der Waals surface area contributed by atoms with Crippen LogP contribution in [0.5, 0.6) is 5.75 Å². The molecule has 1 amide bonds. The largest absolute Gasteiger partial charge is 0.426 e. The Kier molecular flexibility index (Phi) is 2.98. The van der Waals surface area contributed by atoms with Gasteiger partial charge in [0.15, 0.2) is 5.60 Å². The highest BCUT2D eigenvalue weighted by Crippen LogP contribution is 2.45. The second kappa shape index (κ2) is 4.60. The summed E-state index contributed by atoms with van der Waals surface area (Å²) in [4.78, 5) is 28.2. The van der Waals surface area contributed by atoms with E-state index in [1.807, 2.05) is 6.07 Å². The minimum Gasteiger partial charge on any atom is -0.426 e. The average Bonchev–Trinajstić information content (AvgIpc) is 3.10. The van der Waals surface area contributed by atoms with Crippen LogP contribution in [0.1, 0.15) is 12.5 Å². The molecule has 6 nitrogen and oxygen atoms in total. The Balaban J connectivity index is 2.16. The van der Waals surface area contributed by atoms with Crippen LogP contribution in [0.2, 0.25) is 0 Å².